The van der Waals surface area contributed by atoms with Crippen LogP contribution in [0.2, 0.25) is 0 Å². The van der Waals surface area contributed by atoms with Crippen LogP contribution in [-0.4, -0.2) is 34.0 Å². The molecule has 0 fully saturated rings. The zero-order valence-corrected chi connectivity index (χ0v) is 16.7. The van der Waals surface area contributed by atoms with Crippen LogP contribution in [0.3, 0.4) is 0 Å². The fourth-order valence-corrected chi connectivity index (χ4v) is 3.47. The Labute approximate surface area is 173 Å². The number of methoxy groups -OCH3 is 2. The Hall–Kier alpha value is -4.06. The van der Waals surface area contributed by atoms with Crippen molar-refractivity contribution < 1.29 is 9.47 Å². The highest BCUT2D eigenvalue weighted by molar-refractivity contribution is 5.85. The van der Waals surface area contributed by atoms with E-state index in [4.69, 9.17) is 19.6 Å². The van der Waals surface area contributed by atoms with Crippen molar-refractivity contribution in [3.8, 4) is 39.8 Å². The van der Waals surface area contributed by atoms with Crippen LogP contribution >= 0.6 is 0 Å². The maximum atomic E-state index is 5.34. The number of hydrogen-bond donors (Lipinski definition) is 1. The average Bonchev–Trinajstić information content (AvgIpc) is 3.43. The lowest BCUT2D eigenvalue weighted by atomic mass is 10.1. The molecule has 0 saturated carbocycles. The van der Waals surface area contributed by atoms with E-state index in [1.807, 2.05) is 83.7 Å². The second kappa shape index (κ2) is 7.40. The smallest absolute Gasteiger partial charge is 0.142 e. The van der Waals surface area contributed by atoms with Gasteiger partial charge in [0.1, 0.15) is 23.0 Å². The van der Waals surface area contributed by atoms with Crippen molar-refractivity contribution in [2.75, 3.05) is 14.2 Å². The van der Waals surface area contributed by atoms with Gasteiger partial charge in [-0.15, -0.1) is 0 Å². The summed E-state index contributed by atoms with van der Waals surface area (Å²) in [6.45, 7) is 0. The molecule has 0 unspecified atom stereocenters. The Morgan fingerprint density at radius 3 is 2.30 bits per heavy atom. The third kappa shape index (κ3) is 3.18. The minimum atomic E-state index is 0.756. The lowest BCUT2D eigenvalue weighted by Crippen LogP contribution is -1.94. The summed E-state index contributed by atoms with van der Waals surface area (Å²) in [6, 6.07) is 23.7. The summed E-state index contributed by atoms with van der Waals surface area (Å²) in [5, 5.41) is 4.88. The molecule has 0 aliphatic carbocycles. The van der Waals surface area contributed by atoms with Crippen molar-refractivity contribution in [3.63, 3.8) is 0 Å². The Morgan fingerprint density at radius 2 is 1.57 bits per heavy atom. The van der Waals surface area contributed by atoms with Crippen LogP contribution in [-0.2, 0) is 0 Å². The second-order valence-corrected chi connectivity index (χ2v) is 6.87. The van der Waals surface area contributed by atoms with E-state index in [1.165, 1.54) is 0 Å². The van der Waals surface area contributed by atoms with Crippen LogP contribution in [0.5, 0.6) is 11.5 Å². The molecule has 0 aliphatic rings. The van der Waals surface area contributed by atoms with Crippen LogP contribution in [0.25, 0.3) is 39.4 Å². The van der Waals surface area contributed by atoms with Crippen molar-refractivity contribution >= 4 is 11.0 Å². The Balaban J connectivity index is 1.68. The van der Waals surface area contributed by atoms with Crippen molar-refractivity contribution in [3.05, 3.63) is 79.0 Å². The Bertz CT molecular complexity index is 1300. The summed E-state index contributed by atoms with van der Waals surface area (Å²) in [5.41, 5.74) is 5.51. The summed E-state index contributed by atoms with van der Waals surface area (Å²) >= 11 is 0. The van der Waals surface area contributed by atoms with Gasteiger partial charge in [0, 0.05) is 17.8 Å². The zero-order valence-electron chi connectivity index (χ0n) is 16.7. The van der Waals surface area contributed by atoms with E-state index in [0.29, 0.717) is 0 Å². The number of aromatic nitrogens is 4. The molecule has 0 atom stereocenters. The molecule has 3 aromatic carbocycles. The Kier molecular flexibility index (Phi) is 4.44. The molecule has 148 valence electrons. The largest absolute Gasteiger partial charge is 0.497 e. The summed E-state index contributed by atoms with van der Waals surface area (Å²) in [4.78, 5) is 8.21. The molecular formula is C24H20N4O2. The van der Waals surface area contributed by atoms with E-state index in [0.717, 1.165) is 50.9 Å². The van der Waals surface area contributed by atoms with E-state index < -0.39 is 0 Å². The predicted molar refractivity (Wildman–Crippen MR) is 117 cm³/mol. The maximum Gasteiger partial charge on any atom is 0.142 e. The fourth-order valence-electron chi connectivity index (χ4n) is 3.47. The van der Waals surface area contributed by atoms with E-state index >= 15 is 0 Å². The first-order valence-corrected chi connectivity index (χ1v) is 9.59. The van der Waals surface area contributed by atoms with Crippen LogP contribution in [0.4, 0.5) is 0 Å². The van der Waals surface area contributed by atoms with Crippen LogP contribution < -0.4 is 9.47 Å². The molecule has 30 heavy (non-hydrogen) atoms. The number of ether oxygens (including phenoxy) is 2. The van der Waals surface area contributed by atoms with E-state index in [9.17, 15) is 0 Å². The highest BCUT2D eigenvalue weighted by Crippen LogP contribution is 2.33. The number of para-hydroxylation sites is 1. The molecule has 2 heterocycles. The zero-order chi connectivity index (χ0) is 20.5. The third-order valence-corrected chi connectivity index (χ3v) is 5.04. The quantitative estimate of drug-likeness (QED) is 0.449. The molecule has 1 N–H and O–H groups in total. The summed E-state index contributed by atoms with van der Waals surface area (Å²) < 4.78 is 12.5. The van der Waals surface area contributed by atoms with E-state index in [2.05, 4.69) is 4.98 Å². The molecule has 5 aromatic rings. The molecule has 0 aliphatic heterocycles. The second-order valence-electron chi connectivity index (χ2n) is 6.87. The minimum absolute atomic E-state index is 0.756. The highest BCUT2D eigenvalue weighted by atomic mass is 16.5. The highest BCUT2D eigenvalue weighted by Gasteiger charge is 2.17. The van der Waals surface area contributed by atoms with Crippen molar-refractivity contribution in [1.29, 1.82) is 0 Å². The van der Waals surface area contributed by atoms with Crippen LogP contribution in [0.15, 0.2) is 79.0 Å². The first-order chi connectivity index (χ1) is 14.7. The lowest BCUT2D eigenvalue weighted by Gasteiger charge is -2.03. The van der Waals surface area contributed by atoms with Crippen LogP contribution in [0, 0.1) is 0 Å². The van der Waals surface area contributed by atoms with E-state index in [-0.39, 0.29) is 0 Å². The van der Waals surface area contributed by atoms with Crippen molar-refractivity contribution in [2.24, 2.45) is 0 Å². The first kappa shape index (κ1) is 18.0. The third-order valence-electron chi connectivity index (χ3n) is 5.04. The monoisotopic (exact) mass is 396 g/mol. The van der Waals surface area contributed by atoms with Crippen molar-refractivity contribution in [2.45, 2.75) is 0 Å². The van der Waals surface area contributed by atoms with Gasteiger partial charge in [0.25, 0.3) is 0 Å². The molecule has 2 aromatic heterocycles. The molecule has 5 rings (SSSR count). The van der Waals surface area contributed by atoms with Gasteiger partial charge in [-0.05, 0) is 48.5 Å². The number of H-pyrrole nitrogens is 1. The predicted octanol–water partition coefficient (Wildman–Crippen LogP) is 5.10. The van der Waals surface area contributed by atoms with Gasteiger partial charge in [0.15, 0.2) is 0 Å². The van der Waals surface area contributed by atoms with Gasteiger partial charge >= 0.3 is 0 Å². The molecule has 0 amide bonds. The SMILES string of the molecule is COc1ccc(-c2nn(-c3ccccc3)cc2-c2nc3ccc(OC)cc3[nH]2)cc1. The van der Waals surface area contributed by atoms with Gasteiger partial charge in [-0.25, -0.2) is 9.67 Å². The molecule has 0 bridgehead atoms. The lowest BCUT2D eigenvalue weighted by molar-refractivity contribution is 0.415. The Morgan fingerprint density at radius 1 is 0.833 bits per heavy atom. The minimum Gasteiger partial charge on any atom is -0.497 e. The number of benzene rings is 3. The summed E-state index contributed by atoms with van der Waals surface area (Å²) in [7, 11) is 3.32. The molecule has 0 radical (unpaired) electrons. The van der Waals surface area contributed by atoms with Gasteiger partial charge in [0.2, 0.25) is 0 Å². The number of nitrogens with zero attached hydrogens (tertiary/aromatic N) is 3. The van der Waals surface area contributed by atoms with Crippen molar-refractivity contribution in [1.82, 2.24) is 19.7 Å². The van der Waals surface area contributed by atoms with Gasteiger partial charge < -0.3 is 14.5 Å². The van der Waals surface area contributed by atoms with Gasteiger partial charge in [-0.3, -0.25) is 0 Å². The van der Waals surface area contributed by atoms with E-state index in [1.54, 1.807) is 14.2 Å². The number of nitrogens with one attached hydrogen (secondary N) is 1. The first-order valence-electron chi connectivity index (χ1n) is 9.59. The normalized spacial score (nSPS) is 11.0. The summed E-state index contributed by atoms with van der Waals surface area (Å²) in [6.07, 6.45) is 2.00. The van der Waals surface area contributed by atoms with Gasteiger partial charge in [0.05, 0.1) is 36.5 Å². The maximum absolute atomic E-state index is 5.34. The number of aromatic amines is 1. The standard InChI is InChI=1S/C24H20N4O2/c1-29-18-10-8-16(9-11-18)23-20(15-28(27-23)17-6-4-3-5-7-17)24-25-21-13-12-19(30-2)14-22(21)26-24/h3-15H,1-2H3,(H,25,26). The number of imidazole rings is 1. The molecule has 0 saturated heterocycles. The van der Waals surface area contributed by atoms with Crippen LogP contribution in [0.1, 0.15) is 0 Å². The number of rotatable bonds is 5. The number of hydrogen-bond acceptors (Lipinski definition) is 4. The molecule has 0 spiro atoms. The number of fused-ring (bicyclic) bond motifs is 1. The fraction of sp³-hybridized carbons (Fsp3) is 0.0833. The summed E-state index contributed by atoms with van der Waals surface area (Å²) in [5.74, 6) is 2.35. The molecular weight excluding hydrogens is 376 g/mol. The molecule has 6 heteroatoms. The average molecular weight is 396 g/mol. The van der Waals surface area contributed by atoms with Gasteiger partial charge in [-0.2, -0.15) is 5.10 Å². The molecule has 6 nitrogen and oxygen atoms in total. The van der Waals surface area contributed by atoms with Gasteiger partial charge in [-0.1, -0.05) is 18.2 Å². The topological polar surface area (TPSA) is 65.0 Å².